The van der Waals surface area contributed by atoms with Crippen molar-refractivity contribution < 1.29 is 19.4 Å². The van der Waals surface area contributed by atoms with Crippen LogP contribution in [0.2, 0.25) is 0 Å². The van der Waals surface area contributed by atoms with Crippen LogP contribution in [-0.2, 0) is 4.79 Å². The van der Waals surface area contributed by atoms with E-state index in [1.807, 2.05) is 31.2 Å². The molecule has 2 aromatic rings. The summed E-state index contributed by atoms with van der Waals surface area (Å²) >= 11 is 0. The number of anilines is 2. The van der Waals surface area contributed by atoms with E-state index in [9.17, 15) is 14.7 Å². The predicted octanol–water partition coefficient (Wildman–Crippen LogP) is 4.33. The van der Waals surface area contributed by atoms with Gasteiger partial charge in [-0.25, -0.2) is 4.98 Å². The lowest BCUT2D eigenvalue weighted by Gasteiger charge is -2.38. The number of ether oxygens (including phenoxy) is 1. The lowest BCUT2D eigenvalue weighted by atomic mass is 9.86. The number of amides is 1. The number of carbonyl (C=O) groups is 2. The van der Waals surface area contributed by atoms with E-state index in [-0.39, 0.29) is 23.2 Å². The molecule has 0 aliphatic carbocycles. The number of nitrogens with zero attached hydrogens (tertiary/aromatic N) is 3. The Kier molecular flexibility index (Phi) is 7.06. The number of aromatic nitrogens is 1. The zero-order valence-corrected chi connectivity index (χ0v) is 19.5. The molecule has 1 aliphatic heterocycles. The number of carbonyl (C=O) groups excluding carboxylic acids is 1. The van der Waals surface area contributed by atoms with Gasteiger partial charge in [-0.3, -0.25) is 14.5 Å². The lowest BCUT2D eigenvalue weighted by molar-refractivity contribution is -0.144. The summed E-state index contributed by atoms with van der Waals surface area (Å²) in [6.07, 6.45) is 2.22. The van der Waals surface area contributed by atoms with Gasteiger partial charge >= 0.3 is 5.97 Å². The van der Waals surface area contributed by atoms with Gasteiger partial charge in [0.2, 0.25) is 0 Å². The topological polar surface area (TPSA) is 83.0 Å². The molecule has 1 amide bonds. The molecule has 0 saturated carbocycles. The molecule has 2 heterocycles. The minimum atomic E-state index is -0.759. The molecule has 1 N–H and O–H groups in total. The van der Waals surface area contributed by atoms with Crippen molar-refractivity contribution in [3.8, 4) is 5.75 Å². The van der Waals surface area contributed by atoms with Gasteiger partial charge in [0.1, 0.15) is 11.6 Å². The SMILES string of the molecule is COc1ccc(C(=O)N(CC(C)(C)C)c2ccccn2)c(N2CCC(C(=O)O)C(C)C2)c1. The maximum Gasteiger partial charge on any atom is 0.306 e. The van der Waals surface area contributed by atoms with Gasteiger partial charge in [0.15, 0.2) is 0 Å². The number of piperidine rings is 1. The monoisotopic (exact) mass is 439 g/mol. The second-order valence-electron chi connectivity index (χ2n) is 9.68. The zero-order chi connectivity index (χ0) is 23.5. The molecule has 172 valence electrons. The molecule has 32 heavy (non-hydrogen) atoms. The highest BCUT2D eigenvalue weighted by Gasteiger charge is 2.34. The Bertz CT molecular complexity index is 955. The summed E-state index contributed by atoms with van der Waals surface area (Å²) in [7, 11) is 1.60. The summed E-state index contributed by atoms with van der Waals surface area (Å²) in [5.74, 6) is -0.0365. The van der Waals surface area contributed by atoms with Gasteiger partial charge in [-0.15, -0.1) is 0 Å². The maximum atomic E-state index is 13.9. The van der Waals surface area contributed by atoms with Crippen molar-refractivity contribution >= 4 is 23.4 Å². The Labute approximate surface area is 190 Å². The van der Waals surface area contributed by atoms with Crippen LogP contribution in [0.15, 0.2) is 42.6 Å². The second-order valence-corrected chi connectivity index (χ2v) is 9.68. The van der Waals surface area contributed by atoms with Crippen LogP contribution in [0.1, 0.15) is 44.5 Å². The third-order valence-corrected chi connectivity index (χ3v) is 5.80. The Hall–Kier alpha value is -3.09. The first kappa shape index (κ1) is 23.6. The smallest absolute Gasteiger partial charge is 0.306 e. The highest BCUT2D eigenvalue weighted by molar-refractivity contribution is 6.09. The van der Waals surface area contributed by atoms with Crippen molar-refractivity contribution in [1.82, 2.24) is 4.98 Å². The second kappa shape index (κ2) is 9.59. The first-order valence-electron chi connectivity index (χ1n) is 11.0. The van der Waals surface area contributed by atoms with Gasteiger partial charge in [-0.2, -0.15) is 0 Å². The van der Waals surface area contributed by atoms with Gasteiger partial charge < -0.3 is 14.7 Å². The van der Waals surface area contributed by atoms with Crippen molar-refractivity contribution in [2.75, 3.05) is 36.5 Å². The molecule has 1 aromatic heterocycles. The largest absolute Gasteiger partial charge is 0.497 e. The van der Waals surface area contributed by atoms with Crippen molar-refractivity contribution in [3.63, 3.8) is 0 Å². The highest BCUT2D eigenvalue weighted by atomic mass is 16.5. The standard InChI is InChI=1S/C25H33N3O4/c1-17-15-27(13-11-19(17)24(30)31)21-14-18(32-5)9-10-20(21)23(29)28(16-25(2,3)4)22-8-6-7-12-26-22/h6-10,12,14,17,19H,11,13,15-16H2,1-5H3,(H,30,31). The number of pyridine rings is 1. The fraction of sp³-hybridized carbons (Fsp3) is 0.480. The molecule has 1 aliphatic rings. The molecule has 0 bridgehead atoms. The van der Waals surface area contributed by atoms with Gasteiger partial charge in [-0.1, -0.05) is 33.8 Å². The Morgan fingerprint density at radius 1 is 1.25 bits per heavy atom. The van der Waals surface area contributed by atoms with Crippen LogP contribution >= 0.6 is 0 Å². The number of benzene rings is 1. The number of methoxy groups -OCH3 is 1. The molecule has 0 radical (unpaired) electrons. The van der Waals surface area contributed by atoms with Gasteiger partial charge in [0.05, 0.1) is 24.3 Å². The molecule has 1 aromatic carbocycles. The van der Waals surface area contributed by atoms with Gasteiger partial charge in [-0.05, 0) is 42.0 Å². The molecular formula is C25H33N3O4. The van der Waals surface area contributed by atoms with Crippen LogP contribution in [0.5, 0.6) is 5.75 Å². The van der Waals surface area contributed by atoms with E-state index in [1.165, 1.54) is 0 Å². The zero-order valence-electron chi connectivity index (χ0n) is 19.5. The molecule has 7 heteroatoms. The Balaban J connectivity index is 2.01. The van der Waals surface area contributed by atoms with E-state index in [1.54, 1.807) is 30.3 Å². The van der Waals surface area contributed by atoms with Crippen LogP contribution < -0.4 is 14.5 Å². The summed E-state index contributed by atoms with van der Waals surface area (Å²) in [6.45, 7) is 9.85. The van der Waals surface area contributed by atoms with E-state index >= 15 is 0 Å². The normalized spacial score (nSPS) is 18.8. The maximum absolute atomic E-state index is 13.9. The lowest BCUT2D eigenvalue weighted by Crippen LogP contribution is -2.44. The first-order valence-corrected chi connectivity index (χ1v) is 11.0. The molecule has 7 nitrogen and oxygen atoms in total. The van der Waals surface area contributed by atoms with Crippen molar-refractivity contribution in [2.45, 2.75) is 34.1 Å². The van der Waals surface area contributed by atoms with Crippen molar-refractivity contribution in [3.05, 3.63) is 48.2 Å². The summed E-state index contributed by atoms with van der Waals surface area (Å²) in [5, 5.41) is 9.49. The average molecular weight is 440 g/mol. The number of carboxylic acid groups (broad SMARTS) is 1. The number of carboxylic acids is 1. The molecule has 1 fully saturated rings. The predicted molar refractivity (Wildman–Crippen MR) is 125 cm³/mol. The van der Waals surface area contributed by atoms with Crippen LogP contribution in [0, 0.1) is 17.3 Å². The Morgan fingerprint density at radius 2 is 2.00 bits per heavy atom. The van der Waals surface area contributed by atoms with E-state index in [0.29, 0.717) is 43.2 Å². The number of rotatable bonds is 6. The van der Waals surface area contributed by atoms with Gasteiger partial charge in [0, 0.05) is 31.9 Å². The number of hydrogen-bond donors (Lipinski definition) is 1. The van der Waals surface area contributed by atoms with E-state index in [2.05, 4.69) is 30.7 Å². The highest BCUT2D eigenvalue weighted by Crippen LogP contribution is 2.34. The molecule has 0 spiro atoms. The fourth-order valence-electron chi connectivity index (χ4n) is 4.20. The first-order chi connectivity index (χ1) is 15.1. The third-order valence-electron chi connectivity index (χ3n) is 5.80. The minimum absolute atomic E-state index is 0.0307. The summed E-state index contributed by atoms with van der Waals surface area (Å²) in [4.78, 5) is 33.7. The fourth-order valence-corrected chi connectivity index (χ4v) is 4.20. The van der Waals surface area contributed by atoms with Crippen LogP contribution in [-0.4, -0.2) is 48.7 Å². The van der Waals surface area contributed by atoms with Crippen molar-refractivity contribution in [2.24, 2.45) is 17.3 Å². The van der Waals surface area contributed by atoms with E-state index in [0.717, 1.165) is 5.69 Å². The Morgan fingerprint density at radius 3 is 2.56 bits per heavy atom. The quantitative estimate of drug-likeness (QED) is 0.721. The number of hydrogen-bond acceptors (Lipinski definition) is 5. The molecular weight excluding hydrogens is 406 g/mol. The number of aliphatic carboxylic acids is 1. The molecule has 1 saturated heterocycles. The van der Waals surface area contributed by atoms with Crippen LogP contribution in [0.3, 0.4) is 0 Å². The van der Waals surface area contributed by atoms with E-state index in [4.69, 9.17) is 4.74 Å². The summed E-state index contributed by atoms with van der Waals surface area (Å²) in [5.41, 5.74) is 1.19. The summed E-state index contributed by atoms with van der Waals surface area (Å²) in [6, 6.07) is 11.0. The average Bonchev–Trinajstić information content (AvgIpc) is 2.76. The van der Waals surface area contributed by atoms with Crippen LogP contribution in [0.25, 0.3) is 0 Å². The molecule has 3 rings (SSSR count). The minimum Gasteiger partial charge on any atom is -0.497 e. The van der Waals surface area contributed by atoms with Crippen molar-refractivity contribution in [1.29, 1.82) is 0 Å². The molecule has 2 atom stereocenters. The van der Waals surface area contributed by atoms with E-state index < -0.39 is 5.97 Å². The molecule has 2 unspecified atom stereocenters. The van der Waals surface area contributed by atoms with Crippen LogP contribution in [0.4, 0.5) is 11.5 Å². The van der Waals surface area contributed by atoms with Gasteiger partial charge in [0.25, 0.3) is 5.91 Å². The summed E-state index contributed by atoms with van der Waals surface area (Å²) < 4.78 is 5.43. The third kappa shape index (κ3) is 5.39.